The molecule has 0 saturated heterocycles. The van der Waals surface area contributed by atoms with Gasteiger partial charge < -0.3 is 20.5 Å². The molecular formula is C15H22N2O4. The maximum absolute atomic E-state index is 11.6. The van der Waals surface area contributed by atoms with E-state index in [-0.39, 0.29) is 23.6 Å². The molecule has 3 N–H and O–H groups in total. The number of ether oxygens (including phenoxy) is 1. The van der Waals surface area contributed by atoms with Gasteiger partial charge in [-0.15, -0.1) is 0 Å². The summed E-state index contributed by atoms with van der Waals surface area (Å²) in [6.45, 7) is 6.53. The van der Waals surface area contributed by atoms with Crippen molar-refractivity contribution in [3.05, 3.63) is 29.8 Å². The number of hydrogen-bond acceptors (Lipinski definition) is 4. The molecule has 0 radical (unpaired) electrons. The average molecular weight is 294 g/mol. The highest BCUT2D eigenvalue weighted by molar-refractivity contribution is 5.87. The molecule has 21 heavy (non-hydrogen) atoms. The van der Waals surface area contributed by atoms with Gasteiger partial charge in [0.05, 0.1) is 11.6 Å². The molecule has 6 heteroatoms. The van der Waals surface area contributed by atoms with Gasteiger partial charge in [-0.2, -0.15) is 0 Å². The summed E-state index contributed by atoms with van der Waals surface area (Å²) in [5.41, 5.74) is 0.222. The zero-order valence-electron chi connectivity index (χ0n) is 12.6. The minimum absolute atomic E-state index is 0.0455. The number of carboxylic acid groups (broad SMARTS) is 1. The summed E-state index contributed by atoms with van der Waals surface area (Å²) in [6.07, 6.45) is 0. The largest absolute Gasteiger partial charge is 0.492 e. The highest BCUT2D eigenvalue weighted by Crippen LogP contribution is 2.11. The van der Waals surface area contributed by atoms with Gasteiger partial charge in [0.1, 0.15) is 12.4 Å². The topological polar surface area (TPSA) is 87.7 Å². The molecule has 1 aromatic carbocycles. The van der Waals surface area contributed by atoms with Gasteiger partial charge in [-0.25, -0.2) is 4.79 Å². The van der Waals surface area contributed by atoms with E-state index in [1.807, 2.05) is 13.8 Å². The first kappa shape index (κ1) is 17.0. The van der Waals surface area contributed by atoms with Gasteiger partial charge in [0.25, 0.3) is 0 Å². The summed E-state index contributed by atoms with van der Waals surface area (Å²) in [6, 6.07) is 6.03. The van der Waals surface area contributed by atoms with Crippen molar-refractivity contribution in [2.24, 2.45) is 0 Å². The molecule has 116 valence electrons. The zero-order chi connectivity index (χ0) is 15.8. The van der Waals surface area contributed by atoms with E-state index in [9.17, 15) is 9.59 Å². The SMILES string of the molecule is CC(C)NC(=O)C(C)NCCOc1ccc(C(=O)O)cc1. The van der Waals surface area contributed by atoms with Gasteiger partial charge >= 0.3 is 5.97 Å². The summed E-state index contributed by atoms with van der Waals surface area (Å²) in [7, 11) is 0. The van der Waals surface area contributed by atoms with E-state index < -0.39 is 5.97 Å². The Morgan fingerprint density at radius 1 is 1.19 bits per heavy atom. The molecule has 1 rings (SSSR count). The van der Waals surface area contributed by atoms with Crippen LogP contribution < -0.4 is 15.4 Å². The number of amides is 1. The predicted octanol–water partition coefficient (Wildman–Crippen LogP) is 1.27. The lowest BCUT2D eigenvalue weighted by molar-refractivity contribution is -0.123. The molecule has 1 amide bonds. The molecule has 1 unspecified atom stereocenters. The van der Waals surface area contributed by atoms with E-state index in [1.54, 1.807) is 19.1 Å². The van der Waals surface area contributed by atoms with Crippen LogP contribution in [0.15, 0.2) is 24.3 Å². The highest BCUT2D eigenvalue weighted by Gasteiger charge is 2.12. The molecule has 0 bridgehead atoms. The number of carbonyl (C=O) groups excluding carboxylic acids is 1. The molecule has 0 spiro atoms. The number of rotatable bonds is 8. The number of carbonyl (C=O) groups is 2. The van der Waals surface area contributed by atoms with Crippen LogP contribution in [0, 0.1) is 0 Å². The van der Waals surface area contributed by atoms with Gasteiger partial charge in [-0.1, -0.05) is 0 Å². The molecule has 0 aliphatic carbocycles. The smallest absolute Gasteiger partial charge is 0.335 e. The van der Waals surface area contributed by atoms with Gasteiger partial charge in [-0.05, 0) is 45.0 Å². The molecule has 1 atom stereocenters. The Morgan fingerprint density at radius 2 is 1.81 bits per heavy atom. The second-order valence-electron chi connectivity index (χ2n) is 5.02. The van der Waals surface area contributed by atoms with Crippen molar-refractivity contribution in [2.45, 2.75) is 32.9 Å². The first-order valence-corrected chi connectivity index (χ1v) is 6.90. The Kier molecular flexibility index (Phi) is 6.68. The minimum Gasteiger partial charge on any atom is -0.492 e. The van der Waals surface area contributed by atoms with Crippen LogP contribution in [0.2, 0.25) is 0 Å². The molecule has 6 nitrogen and oxygen atoms in total. The van der Waals surface area contributed by atoms with Crippen LogP contribution in [-0.4, -0.2) is 42.2 Å². The van der Waals surface area contributed by atoms with Crippen molar-refractivity contribution < 1.29 is 19.4 Å². The Balaban J connectivity index is 2.27. The van der Waals surface area contributed by atoms with E-state index >= 15 is 0 Å². The number of nitrogens with one attached hydrogen (secondary N) is 2. The van der Waals surface area contributed by atoms with Crippen molar-refractivity contribution in [3.63, 3.8) is 0 Å². The van der Waals surface area contributed by atoms with E-state index in [1.165, 1.54) is 12.1 Å². The number of benzene rings is 1. The first-order valence-electron chi connectivity index (χ1n) is 6.90. The van der Waals surface area contributed by atoms with Crippen molar-refractivity contribution in [2.75, 3.05) is 13.2 Å². The van der Waals surface area contributed by atoms with Crippen molar-refractivity contribution >= 4 is 11.9 Å². The van der Waals surface area contributed by atoms with Crippen LogP contribution in [0.3, 0.4) is 0 Å². The quantitative estimate of drug-likeness (QED) is 0.628. The van der Waals surface area contributed by atoms with Crippen LogP contribution in [0.1, 0.15) is 31.1 Å². The Bertz CT molecular complexity index is 471. The minimum atomic E-state index is -0.965. The molecule has 0 aliphatic rings. The van der Waals surface area contributed by atoms with Gasteiger partial charge in [0.2, 0.25) is 5.91 Å². The predicted molar refractivity (Wildman–Crippen MR) is 79.6 cm³/mol. The Labute approximate surface area is 124 Å². The lowest BCUT2D eigenvalue weighted by Gasteiger charge is -2.16. The van der Waals surface area contributed by atoms with Crippen LogP contribution in [0.25, 0.3) is 0 Å². The standard InChI is InChI=1S/C15H22N2O4/c1-10(2)17-14(18)11(3)16-8-9-21-13-6-4-12(5-7-13)15(19)20/h4-7,10-11,16H,8-9H2,1-3H3,(H,17,18)(H,19,20). The van der Waals surface area contributed by atoms with E-state index in [0.717, 1.165) is 0 Å². The molecule has 0 aliphatic heterocycles. The summed E-state index contributed by atoms with van der Waals surface area (Å²) < 4.78 is 5.46. The van der Waals surface area contributed by atoms with E-state index in [4.69, 9.17) is 9.84 Å². The van der Waals surface area contributed by atoms with E-state index in [0.29, 0.717) is 18.9 Å². The summed E-state index contributed by atoms with van der Waals surface area (Å²) in [5.74, 6) is -0.412. The van der Waals surface area contributed by atoms with Crippen LogP contribution in [-0.2, 0) is 4.79 Å². The van der Waals surface area contributed by atoms with Crippen molar-refractivity contribution in [1.29, 1.82) is 0 Å². The second-order valence-corrected chi connectivity index (χ2v) is 5.02. The lowest BCUT2D eigenvalue weighted by atomic mass is 10.2. The number of aromatic carboxylic acids is 1. The van der Waals surface area contributed by atoms with Crippen LogP contribution >= 0.6 is 0 Å². The van der Waals surface area contributed by atoms with Crippen LogP contribution in [0.5, 0.6) is 5.75 Å². The Hall–Kier alpha value is -2.08. The molecule has 1 aromatic rings. The average Bonchev–Trinajstić information content (AvgIpc) is 2.43. The fraction of sp³-hybridized carbons (Fsp3) is 0.467. The molecular weight excluding hydrogens is 272 g/mol. The summed E-state index contributed by atoms with van der Waals surface area (Å²) in [4.78, 5) is 22.3. The maximum Gasteiger partial charge on any atom is 0.335 e. The maximum atomic E-state index is 11.6. The second kappa shape index (κ2) is 8.26. The molecule has 0 fully saturated rings. The van der Waals surface area contributed by atoms with Crippen molar-refractivity contribution in [1.82, 2.24) is 10.6 Å². The van der Waals surface area contributed by atoms with E-state index in [2.05, 4.69) is 10.6 Å². The monoisotopic (exact) mass is 294 g/mol. The highest BCUT2D eigenvalue weighted by atomic mass is 16.5. The molecule has 0 aromatic heterocycles. The fourth-order valence-electron chi connectivity index (χ4n) is 1.64. The lowest BCUT2D eigenvalue weighted by Crippen LogP contribution is -2.45. The normalized spacial score (nSPS) is 12.0. The third-order valence-electron chi connectivity index (χ3n) is 2.75. The first-order chi connectivity index (χ1) is 9.90. The molecule has 0 heterocycles. The van der Waals surface area contributed by atoms with Crippen LogP contribution in [0.4, 0.5) is 0 Å². The third-order valence-corrected chi connectivity index (χ3v) is 2.75. The third kappa shape index (κ3) is 6.27. The number of carboxylic acids is 1. The van der Waals surface area contributed by atoms with Gasteiger partial charge in [-0.3, -0.25) is 4.79 Å². The number of hydrogen-bond donors (Lipinski definition) is 3. The van der Waals surface area contributed by atoms with Gasteiger partial charge in [0.15, 0.2) is 0 Å². The molecule has 0 saturated carbocycles. The van der Waals surface area contributed by atoms with Crippen molar-refractivity contribution in [3.8, 4) is 5.75 Å². The fourth-order valence-corrected chi connectivity index (χ4v) is 1.64. The van der Waals surface area contributed by atoms with Gasteiger partial charge in [0, 0.05) is 12.6 Å². The summed E-state index contributed by atoms with van der Waals surface area (Å²) >= 11 is 0. The zero-order valence-corrected chi connectivity index (χ0v) is 12.6. The Morgan fingerprint density at radius 3 is 2.33 bits per heavy atom. The summed E-state index contributed by atoms with van der Waals surface area (Å²) in [5, 5.41) is 14.7.